The van der Waals surface area contributed by atoms with Gasteiger partial charge in [0.25, 0.3) is 0 Å². The van der Waals surface area contributed by atoms with Gasteiger partial charge in [0.2, 0.25) is 0 Å². The molecule has 0 aromatic rings. The standard InChI is InChI=1S/C7H10O2S/c1-5-3-4-6(10-5)7(8)9-2/h3-6H,1-2H3/t5-,6+/m1/s1. The lowest BCUT2D eigenvalue weighted by Gasteiger charge is -2.04. The molecule has 1 aliphatic heterocycles. The number of carbonyl (C=O) groups is 1. The molecule has 0 aromatic carbocycles. The van der Waals surface area contributed by atoms with Crippen LogP contribution in [0.15, 0.2) is 12.2 Å². The van der Waals surface area contributed by atoms with Crippen molar-refractivity contribution in [1.82, 2.24) is 0 Å². The number of ether oxygens (including phenoxy) is 1. The minimum atomic E-state index is -0.148. The maximum atomic E-state index is 10.9. The van der Waals surface area contributed by atoms with Crippen LogP contribution in [-0.2, 0) is 9.53 Å². The van der Waals surface area contributed by atoms with E-state index in [0.29, 0.717) is 5.25 Å². The molecular formula is C7H10O2S. The summed E-state index contributed by atoms with van der Waals surface area (Å²) in [6, 6.07) is 0. The zero-order valence-electron chi connectivity index (χ0n) is 6.03. The SMILES string of the molecule is COC(=O)[C@@H]1C=C[C@@H](C)S1. The van der Waals surface area contributed by atoms with Crippen LogP contribution in [0.2, 0.25) is 0 Å². The van der Waals surface area contributed by atoms with E-state index in [4.69, 9.17) is 0 Å². The number of thioether (sulfide) groups is 1. The first kappa shape index (κ1) is 7.66. The van der Waals surface area contributed by atoms with Crippen LogP contribution in [-0.4, -0.2) is 23.6 Å². The fourth-order valence-corrected chi connectivity index (χ4v) is 1.86. The second-order valence-electron chi connectivity index (χ2n) is 2.17. The van der Waals surface area contributed by atoms with Gasteiger partial charge < -0.3 is 4.74 Å². The predicted octanol–water partition coefficient (Wildman–Crippen LogP) is 1.22. The van der Waals surface area contributed by atoms with Gasteiger partial charge in [0.05, 0.1) is 7.11 Å². The van der Waals surface area contributed by atoms with Gasteiger partial charge in [-0.25, -0.2) is 0 Å². The fourth-order valence-electron chi connectivity index (χ4n) is 0.830. The smallest absolute Gasteiger partial charge is 0.322 e. The molecule has 0 fully saturated rings. The summed E-state index contributed by atoms with van der Waals surface area (Å²) in [6.07, 6.45) is 3.91. The third-order valence-electron chi connectivity index (χ3n) is 1.35. The summed E-state index contributed by atoms with van der Waals surface area (Å²) in [4.78, 5) is 10.9. The van der Waals surface area contributed by atoms with E-state index in [-0.39, 0.29) is 11.2 Å². The highest BCUT2D eigenvalue weighted by atomic mass is 32.2. The van der Waals surface area contributed by atoms with E-state index in [1.807, 2.05) is 12.2 Å². The first-order valence-electron chi connectivity index (χ1n) is 3.15. The Labute approximate surface area is 64.6 Å². The molecule has 0 aliphatic carbocycles. The van der Waals surface area contributed by atoms with Crippen LogP contribution in [0.25, 0.3) is 0 Å². The van der Waals surface area contributed by atoms with Crippen molar-refractivity contribution in [3.05, 3.63) is 12.2 Å². The molecule has 0 aromatic heterocycles. The molecule has 1 rings (SSSR count). The Hall–Kier alpha value is -0.440. The lowest BCUT2D eigenvalue weighted by molar-refractivity contribution is -0.138. The molecular weight excluding hydrogens is 148 g/mol. The number of methoxy groups -OCH3 is 1. The quantitative estimate of drug-likeness (QED) is 0.424. The van der Waals surface area contributed by atoms with E-state index in [0.717, 1.165) is 0 Å². The highest BCUT2D eigenvalue weighted by molar-refractivity contribution is 8.01. The average molecular weight is 158 g/mol. The van der Waals surface area contributed by atoms with Gasteiger partial charge in [-0.05, 0) is 6.92 Å². The van der Waals surface area contributed by atoms with E-state index in [1.54, 1.807) is 11.8 Å². The summed E-state index contributed by atoms with van der Waals surface area (Å²) in [5, 5.41) is 0.379. The molecule has 2 nitrogen and oxygen atoms in total. The van der Waals surface area contributed by atoms with E-state index >= 15 is 0 Å². The van der Waals surface area contributed by atoms with Crippen LogP contribution in [0.1, 0.15) is 6.92 Å². The molecule has 0 amide bonds. The minimum Gasteiger partial charge on any atom is -0.468 e. The van der Waals surface area contributed by atoms with Gasteiger partial charge >= 0.3 is 5.97 Å². The molecule has 0 saturated carbocycles. The largest absolute Gasteiger partial charge is 0.468 e. The number of rotatable bonds is 1. The fraction of sp³-hybridized carbons (Fsp3) is 0.571. The van der Waals surface area contributed by atoms with Gasteiger partial charge in [-0.2, -0.15) is 0 Å². The average Bonchev–Trinajstić information content (AvgIpc) is 2.34. The molecule has 56 valence electrons. The Kier molecular flexibility index (Phi) is 2.38. The van der Waals surface area contributed by atoms with Gasteiger partial charge in [0.15, 0.2) is 0 Å². The van der Waals surface area contributed by atoms with Crippen molar-refractivity contribution in [3.8, 4) is 0 Å². The Balaban J connectivity index is 2.46. The molecule has 0 bridgehead atoms. The summed E-state index contributed by atoms with van der Waals surface area (Å²) in [5.74, 6) is -0.148. The van der Waals surface area contributed by atoms with E-state index in [1.165, 1.54) is 7.11 Å². The van der Waals surface area contributed by atoms with Crippen molar-refractivity contribution in [2.24, 2.45) is 0 Å². The van der Waals surface area contributed by atoms with E-state index in [2.05, 4.69) is 11.7 Å². The highest BCUT2D eigenvalue weighted by Crippen LogP contribution is 2.27. The number of carbonyl (C=O) groups excluding carboxylic acids is 1. The maximum Gasteiger partial charge on any atom is 0.322 e. The second kappa shape index (κ2) is 3.10. The summed E-state index contributed by atoms with van der Waals surface area (Å²) in [7, 11) is 1.42. The topological polar surface area (TPSA) is 26.3 Å². The highest BCUT2D eigenvalue weighted by Gasteiger charge is 2.22. The number of hydrogen-bond donors (Lipinski definition) is 0. The van der Waals surface area contributed by atoms with E-state index < -0.39 is 0 Å². The lowest BCUT2D eigenvalue weighted by atomic mass is 10.3. The molecule has 0 N–H and O–H groups in total. The lowest BCUT2D eigenvalue weighted by Crippen LogP contribution is -2.14. The third kappa shape index (κ3) is 1.53. The normalized spacial score (nSPS) is 30.6. The molecule has 1 heterocycles. The molecule has 0 radical (unpaired) electrons. The van der Waals surface area contributed by atoms with Crippen molar-refractivity contribution >= 4 is 17.7 Å². The van der Waals surface area contributed by atoms with Crippen LogP contribution >= 0.6 is 11.8 Å². The van der Waals surface area contributed by atoms with Crippen LogP contribution in [0, 0.1) is 0 Å². The Morgan fingerprint density at radius 1 is 1.60 bits per heavy atom. The summed E-state index contributed by atoms with van der Waals surface area (Å²) in [6.45, 7) is 2.06. The molecule has 1 aliphatic rings. The van der Waals surface area contributed by atoms with Gasteiger partial charge in [0, 0.05) is 5.25 Å². The monoisotopic (exact) mass is 158 g/mol. The summed E-state index contributed by atoms with van der Waals surface area (Å²) in [5.41, 5.74) is 0. The molecule has 3 heteroatoms. The molecule has 0 spiro atoms. The number of esters is 1. The second-order valence-corrected chi connectivity index (χ2v) is 3.69. The number of hydrogen-bond acceptors (Lipinski definition) is 3. The third-order valence-corrected chi connectivity index (χ3v) is 2.58. The van der Waals surface area contributed by atoms with Crippen LogP contribution in [0.4, 0.5) is 0 Å². The van der Waals surface area contributed by atoms with Crippen molar-refractivity contribution < 1.29 is 9.53 Å². The first-order valence-corrected chi connectivity index (χ1v) is 4.10. The van der Waals surface area contributed by atoms with Gasteiger partial charge in [-0.3, -0.25) is 4.79 Å². The van der Waals surface area contributed by atoms with Gasteiger partial charge in [-0.15, -0.1) is 11.8 Å². The van der Waals surface area contributed by atoms with Crippen molar-refractivity contribution in [3.63, 3.8) is 0 Å². The Morgan fingerprint density at radius 3 is 2.70 bits per heavy atom. The summed E-state index contributed by atoms with van der Waals surface area (Å²) >= 11 is 1.61. The van der Waals surface area contributed by atoms with Crippen LogP contribution in [0.3, 0.4) is 0 Å². The van der Waals surface area contributed by atoms with Crippen LogP contribution < -0.4 is 0 Å². The Bertz CT molecular complexity index is 165. The predicted molar refractivity (Wildman–Crippen MR) is 42.0 cm³/mol. The van der Waals surface area contributed by atoms with Crippen molar-refractivity contribution in [1.29, 1.82) is 0 Å². The zero-order chi connectivity index (χ0) is 7.56. The summed E-state index contributed by atoms with van der Waals surface area (Å²) < 4.78 is 4.57. The maximum absolute atomic E-state index is 10.9. The Morgan fingerprint density at radius 2 is 2.30 bits per heavy atom. The zero-order valence-corrected chi connectivity index (χ0v) is 6.85. The van der Waals surface area contributed by atoms with Crippen LogP contribution in [0.5, 0.6) is 0 Å². The molecule has 10 heavy (non-hydrogen) atoms. The van der Waals surface area contributed by atoms with Crippen molar-refractivity contribution in [2.45, 2.75) is 17.4 Å². The molecule has 0 unspecified atom stereocenters. The van der Waals surface area contributed by atoms with Crippen molar-refractivity contribution in [2.75, 3.05) is 7.11 Å². The molecule has 2 atom stereocenters. The van der Waals surface area contributed by atoms with Gasteiger partial charge in [-0.1, -0.05) is 12.2 Å². The van der Waals surface area contributed by atoms with E-state index in [9.17, 15) is 4.79 Å². The minimum absolute atomic E-state index is 0.0694. The molecule has 0 saturated heterocycles. The first-order chi connectivity index (χ1) is 4.74. The van der Waals surface area contributed by atoms with Gasteiger partial charge in [0.1, 0.15) is 5.25 Å².